The average molecular weight is 220 g/mol. The van der Waals surface area contributed by atoms with E-state index in [1.807, 2.05) is 18.2 Å². The van der Waals surface area contributed by atoms with Gasteiger partial charge in [0.1, 0.15) is 6.10 Å². The number of ether oxygens (including phenoxy) is 1. The smallest absolute Gasteiger partial charge is 0.302 e. The first kappa shape index (κ1) is 12.4. The summed E-state index contributed by atoms with van der Waals surface area (Å²) >= 11 is 0. The van der Waals surface area contributed by atoms with Gasteiger partial charge in [-0.1, -0.05) is 37.3 Å². The van der Waals surface area contributed by atoms with Gasteiger partial charge in [0.05, 0.1) is 5.92 Å². The number of hydrogen-bond donors (Lipinski definition) is 0. The molecule has 0 aliphatic heterocycles. The van der Waals surface area contributed by atoms with E-state index in [-0.39, 0.29) is 17.7 Å². The van der Waals surface area contributed by atoms with Crippen LogP contribution in [0.1, 0.15) is 31.1 Å². The Bertz CT molecular complexity index is 370. The second-order valence-corrected chi connectivity index (χ2v) is 3.83. The van der Waals surface area contributed by atoms with Crippen LogP contribution in [0.4, 0.5) is 0 Å². The van der Waals surface area contributed by atoms with Crippen LogP contribution in [0.3, 0.4) is 0 Å². The molecule has 0 aliphatic carbocycles. The van der Waals surface area contributed by atoms with E-state index in [0.717, 1.165) is 0 Å². The van der Waals surface area contributed by atoms with E-state index >= 15 is 0 Å². The van der Waals surface area contributed by atoms with Gasteiger partial charge in [-0.2, -0.15) is 0 Å². The molecule has 0 saturated carbocycles. The Morgan fingerprint density at radius 3 is 2.19 bits per heavy atom. The predicted molar refractivity (Wildman–Crippen MR) is 61.2 cm³/mol. The third-order valence-corrected chi connectivity index (χ3v) is 2.53. The van der Waals surface area contributed by atoms with Gasteiger partial charge in [-0.3, -0.25) is 9.59 Å². The summed E-state index contributed by atoms with van der Waals surface area (Å²) < 4.78 is 4.99. The zero-order valence-corrected chi connectivity index (χ0v) is 9.77. The Kier molecular flexibility index (Phi) is 4.23. The highest BCUT2D eigenvalue weighted by molar-refractivity contribution is 5.98. The van der Waals surface area contributed by atoms with Gasteiger partial charge in [0.25, 0.3) is 0 Å². The van der Waals surface area contributed by atoms with Crippen molar-refractivity contribution in [3.8, 4) is 0 Å². The number of rotatable bonds is 4. The number of hydrogen-bond acceptors (Lipinski definition) is 3. The number of benzene rings is 1. The summed E-state index contributed by atoms with van der Waals surface area (Å²) in [7, 11) is 0. The van der Waals surface area contributed by atoms with Crippen LogP contribution in [-0.2, 0) is 9.53 Å². The van der Waals surface area contributed by atoms with Gasteiger partial charge in [0.15, 0.2) is 5.78 Å². The average Bonchev–Trinajstić information content (AvgIpc) is 2.27. The Morgan fingerprint density at radius 1 is 1.12 bits per heavy atom. The molecule has 3 heteroatoms. The molecule has 1 rings (SSSR count). The molecule has 0 fully saturated rings. The van der Waals surface area contributed by atoms with E-state index in [0.29, 0.717) is 5.56 Å². The molecule has 16 heavy (non-hydrogen) atoms. The maximum absolute atomic E-state index is 12.0. The van der Waals surface area contributed by atoms with Crippen LogP contribution in [0.2, 0.25) is 0 Å². The predicted octanol–water partition coefficient (Wildman–Crippen LogP) is 2.46. The third kappa shape index (κ3) is 3.19. The maximum atomic E-state index is 12.0. The number of carbonyl (C=O) groups excluding carboxylic acids is 2. The molecule has 2 atom stereocenters. The largest absolute Gasteiger partial charge is 0.462 e. The number of carbonyl (C=O) groups is 2. The molecule has 1 aromatic rings. The minimum absolute atomic E-state index is 0.00523. The summed E-state index contributed by atoms with van der Waals surface area (Å²) in [5.41, 5.74) is 0.647. The molecular weight excluding hydrogens is 204 g/mol. The summed E-state index contributed by atoms with van der Waals surface area (Å²) in [5, 5.41) is 0. The highest BCUT2D eigenvalue weighted by atomic mass is 16.5. The van der Waals surface area contributed by atoms with Crippen LogP contribution in [0, 0.1) is 5.92 Å². The maximum Gasteiger partial charge on any atom is 0.302 e. The van der Waals surface area contributed by atoms with E-state index in [1.165, 1.54) is 6.92 Å². The fraction of sp³-hybridized carbons (Fsp3) is 0.385. The Hall–Kier alpha value is -1.64. The van der Waals surface area contributed by atoms with E-state index in [2.05, 4.69) is 0 Å². The van der Waals surface area contributed by atoms with E-state index in [4.69, 9.17) is 4.74 Å². The van der Waals surface area contributed by atoms with Gasteiger partial charge in [0, 0.05) is 12.5 Å². The van der Waals surface area contributed by atoms with Gasteiger partial charge in [-0.15, -0.1) is 0 Å². The molecule has 86 valence electrons. The lowest BCUT2D eigenvalue weighted by atomic mass is 9.95. The van der Waals surface area contributed by atoms with Crippen molar-refractivity contribution >= 4 is 11.8 Å². The van der Waals surface area contributed by atoms with Crippen LogP contribution in [0.15, 0.2) is 30.3 Å². The quantitative estimate of drug-likeness (QED) is 0.578. The van der Waals surface area contributed by atoms with Crippen LogP contribution in [0.5, 0.6) is 0 Å². The molecule has 0 N–H and O–H groups in total. The molecule has 0 aromatic heterocycles. The van der Waals surface area contributed by atoms with Gasteiger partial charge < -0.3 is 4.74 Å². The molecule has 0 heterocycles. The molecule has 0 saturated heterocycles. The van der Waals surface area contributed by atoms with Crippen molar-refractivity contribution < 1.29 is 14.3 Å². The standard InChI is InChI=1S/C13H16O3/c1-9(10(2)16-11(3)14)13(15)12-7-5-4-6-8-12/h4-10H,1-3H3. The molecule has 0 spiro atoms. The molecule has 0 radical (unpaired) electrons. The number of esters is 1. The lowest BCUT2D eigenvalue weighted by molar-refractivity contribution is -0.146. The van der Waals surface area contributed by atoms with Crippen molar-refractivity contribution in [3.05, 3.63) is 35.9 Å². The summed E-state index contributed by atoms with van der Waals surface area (Å²) in [5.74, 6) is -0.694. The van der Waals surface area contributed by atoms with E-state index in [1.54, 1.807) is 26.0 Å². The van der Waals surface area contributed by atoms with Gasteiger partial charge in [-0.05, 0) is 6.92 Å². The Balaban J connectivity index is 2.71. The molecule has 0 aliphatic rings. The molecule has 1 aromatic carbocycles. The van der Waals surface area contributed by atoms with Crippen LogP contribution in [0.25, 0.3) is 0 Å². The minimum atomic E-state index is -0.398. The molecule has 3 nitrogen and oxygen atoms in total. The van der Waals surface area contributed by atoms with Crippen molar-refractivity contribution in [1.82, 2.24) is 0 Å². The van der Waals surface area contributed by atoms with Crippen LogP contribution >= 0.6 is 0 Å². The second-order valence-electron chi connectivity index (χ2n) is 3.83. The van der Waals surface area contributed by atoms with Crippen molar-refractivity contribution in [3.63, 3.8) is 0 Å². The third-order valence-electron chi connectivity index (χ3n) is 2.53. The normalized spacial score (nSPS) is 13.9. The lowest BCUT2D eigenvalue weighted by Gasteiger charge is -2.18. The van der Waals surface area contributed by atoms with Gasteiger partial charge >= 0.3 is 5.97 Å². The second kappa shape index (κ2) is 5.45. The molecule has 0 bridgehead atoms. The van der Waals surface area contributed by atoms with Crippen LogP contribution in [-0.4, -0.2) is 17.9 Å². The first-order valence-corrected chi connectivity index (χ1v) is 5.29. The molecule has 2 unspecified atom stereocenters. The lowest BCUT2D eigenvalue weighted by Crippen LogP contribution is -2.27. The summed E-state index contributed by atoms with van der Waals surface area (Å²) in [6.45, 7) is 4.84. The highest BCUT2D eigenvalue weighted by Gasteiger charge is 2.23. The van der Waals surface area contributed by atoms with Gasteiger partial charge in [0.2, 0.25) is 0 Å². The fourth-order valence-corrected chi connectivity index (χ4v) is 1.44. The van der Waals surface area contributed by atoms with E-state index in [9.17, 15) is 9.59 Å². The van der Waals surface area contributed by atoms with Crippen molar-refractivity contribution in [1.29, 1.82) is 0 Å². The summed E-state index contributed by atoms with van der Waals surface area (Å²) in [6.07, 6.45) is -0.398. The number of Topliss-reactive ketones (excluding diaryl/α,β-unsaturated/α-hetero) is 1. The molecule has 0 amide bonds. The monoisotopic (exact) mass is 220 g/mol. The topological polar surface area (TPSA) is 43.4 Å². The van der Waals surface area contributed by atoms with E-state index < -0.39 is 6.10 Å². The van der Waals surface area contributed by atoms with Crippen molar-refractivity contribution in [2.45, 2.75) is 26.9 Å². The minimum Gasteiger partial charge on any atom is -0.462 e. The zero-order chi connectivity index (χ0) is 12.1. The highest BCUT2D eigenvalue weighted by Crippen LogP contribution is 2.14. The fourth-order valence-electron chi connectivity index (χ4n) is 1.44. The first-order chi connectivity index (χ1) is 7.52. The molecular formula is C13H16O3. The SMILES string of the molecule is CC(=O)OC(C)C(C)C(=O)c1ccccc1. The van der Waals surface area contributed by atoms with Crippen molar-refractivity contribution in [2.75, 3.05) is 0 Å². The van der Waals surface area contributed by atoms with Crippen molar-refractivity contribution in [2.24, 2.45) is 5.92 Å². The summed E-state index contributed by atoms with van der Waals surface area (Å²) in [4.78, 5) is 22.8. The van der Waals surface area contributed by atoms with Gasteiger partial charge in [-0.25, -0.2) is 0 Å². The Morgan fingerprint density at radius 2 is 1.69 bits per heavy atom. The zero-order valence-electron chi connectivity index (χ0n) is 9.77. The summed E-state index contributed by atoms with van der Waals surface area (Å²) in [6, 6.07) is 9.02. The first-order valence-electron chi connectivity index (χ1n) is 5.29. The number of ketones is 1. The van der Waals surface area contributed by atoms with Crippen LogP contribution < -0.4 is 0 Å². The Labute approximate surface area is 95.4 Å².